The number of ether oxygens (including phenoxy) is 1. The van der Waals surface area contributed by atoms with Crippen LogP contribution in [0.1, 0.15) is 10.4 Å². The van der Waals surface area contributed by atoms with Crippen molar-refractivity contribution in [3.63, 3.8) is 0 Å². The van der Waals surface area contributed by atoms with Crippen molar-refractivity contribution < 1.29 is 14.5 Å². The van der Waals surface area contributed by atoms with Crippen LogP contribution in [-0.4, -0.2) is 28.6 Å². The van der Waals surface area contributed by atoms with Crippen LogP contribution in [-0.2, 0) is 0 Å². The molecule has 0 atom stereocenters. The molecule has 0 fully saturated rings. The summed E-state index contributed by atoms with van der Waals surface area (Å²) in [5, 5.41) is 10.8. The van der Waals surface area contributed by atoms with E-state index in [9.17, 15) is 14.9 Å². The summed E-state index contributed by atoms with van der Waals surface area (Å²) in [4.78, 5) is 27.0. The fourth-order valence-corrected chi connectivity index (χ4v) is 4.05. The lowest BCUT2D eigenvalue weighted by Crippen LogP contribution is -2.01. The number of nitro benzene ring substituents is 1. The second kappa shape index (κ2) is 6.98. The molecule has 24 heavy (non-hydrogen) atoms. The second-order valence-corrected chi connectivity index (χ2v) is 7.08. The van der Waals surface area contributed by atoms with Gasteiger partial charge < -0.3 is 4.74 Å². The van der Waals surface area contributed by atoms with Crippen molar-refractivity contribution in [2.45, 2.75) is 4.34 Å². The molecule has 0 bridgehead atoms. The zero-order valence-electron chi connectivity index (χ0n) is 12.6. The molecule has 0 N–H and O–H groups in total. The zero-order valence-corrected chi connectivity index (χ0v) is 14.2. The number of aromatic nitrogens is 1. The van der Waals surface area contributed by atoms with E-state index >= 15 is 0 Å². The van der Waals surface area contributed by atoms with Gasteiger partial charge >= 0.3 is 0 Å². The average molecular weight is 360 g/mol. The summed E-state index contributed by atoms with van der Waals surface area (Å²) in [5.74, 6) is 0.952. The minimum atomic E-state index is -0.431. The minimum absolute atomic E-state index is 0.00658. The van der Waals surface area contributed by atoms with Crippen LogP contribution in [0, 0.1) is 10.1 Å². The molecule has 122 valence electrons. The SMILES string of the molecule is COc1ccc(C(=O)CSc2nc3ccc([N+](=O)[O-])cc3s2)cc1. The molecule has 0 spiro atoms. The van der Waals surface area contributed by atoms with Gasteiger partial charge in [0.1, 0.15) is 5.75 Å². The summed E-state index contributed by atoms with van der Waals surface area (Å²) in [6, 6.07) is 11.5. The quantitative estimate of drug-likeness (QED) is 0.284. The molecule has 0 unspecified atom stereocenters. The first-order valence-corrected chi connectivity index (χ1v) is 8.72. The molecule has 6 nitrogen and oxygen atoms in total. The van der Waals surface area contributed by atoms with Crippen molar-refractivity contribution in [2.75, 3.05) is 12.9 Å². The molecular weight excluding hydrogens is 348 g/mol. The van der Waals surface area contributed by atoms with Crippen molar-refractivity contribution in [1.82, 2.24) is 4.98 Å². The Labute approximate surface area is 145 Å². The number of thiazole rings is 1. The van der Waals surface area contributed by atoms with Crippen molar-refractivity contribution in [3.8, 4) is 5.75 Å². The maximum absolute atomic E-state index is 12.2. The molecule has 1 aromatic heterocycles. The van der Waals surface area contributed by atoms with Gasteiger partial charge in [-0.15, -0.1) is 11.3 Å². The Morgan fingerprint density at radius 1 is 1.29 bits per heavy atom. The van der Waals surface area contributed by atoms with E-state index in [4.69, 9.17) is 4.74 Å². The van der Waals surface area contributed by atoms with Gasteiger partial charge in [-0.05, 0) is 30.3 Å². The van der Waals surface area contributed by atoms with E-state index < -0.39 is 4.92 Å². The fraction of sp³-hybridized carbons (Fsp3) is 0.125. The predicted octanol–water partition coefficient (Wildman–Crippen LogP) is 4.19. The van der Waals surface area contributed by atoms with E-state index in [1.165, 1.54) is 35.2 Å². The predicted molar refractivity (Wildman–Crippen MR) is 94.3 cm³/mol. The van der Waals surface area contributed by atoms with Gasteiger partial charge in [0, 0.05) is 17.7 Å². The van der Waals surface area contributed by atoms with Crippen LogP contribution in [0.3, 0.4) is 0 Å². The van der Waals surface area contributed by atoms with Crippen LogP contribution in [0.25, 0.3) is 10.2 Å². The van der Waals surface area contributed by atoms with E-state index in [-0.39, 0.29) is 17.2 Å². The van der Waals surface area contributed by atoms with Gasteiger partial charge in [0.25, 0.3) is 5.69 Å². The number of thioether (sulfide) groups is 1. The first-order valence-electron chi connectivity index (χ1n) is 6.92. The summed E-state index contributed by atoms with van der Waals surface area (Å²) in [5.41, 5.74) is 1.35. The van der Waals surface area contributed by atoms with Crippen LogP contribution in [0.5, 0.6) is 5.75 Å². The zero-order chi connectivity index (χ0) is 17.1. The Morgan fingerprint density at radius 2 is 2.04 bits per heavy atom. The standard InChI is InChI=1S/C16H12N2O4S2/c1-22-12-5-2-10(3-6-12)14(19)9-23-16-17-13-7-4-11(18(20)21)8-15(13)24-16/h2-8H,9H2,1H3. The van der Waals surface area contributed by atoms with Gasteiger partial charge in [0.05, 0.1) is 28.0 Å². The van der Waals surface area contributed by atoms with E-state index in [0.717, 1.165) is 4.70 Å². The molecule has 1 heterocycles. The summed E-state index contributed by atoms with van der Waals surface area (Å²) in [7, 11) is 1.57. The smallest absolute Gasteiger partial charge is 0.270 e. The normalized spacial score (nSPS) is 10.7. The van der Waals surface area contributed by atoms with Gasteiger partial charge in [0.2, 0.25) is 0 Å². The van der Waals surface area contributed by atoms with Crippen LogP contribution in [0.4, 0.5) is 5.69 Å². The van der Waals surface area contributed by atoms with Gasteiger partial charge in [-0.25, -0.2) is 4.98 Å². The van der Waals surface area contributed by atoms with Gasteiger partial charge in [-0.1, -0.05) is 11.8 Å². The highest BCUT2D eigenvalue weighted by atomic mass is 32.2. The number of hydrogen-bond acceptors (Lipinski definition) is 7. The van der Waals surface area contributed by atoms with Gasteiger partial charge in [-0.3, -0.25) is 14.9 Å². The highest BCUT2D eigenvalue weighted by Crippen LogP contribution is 2.32. The number of nitro groups is 1. The molecule has 0 saturated carbocycles. The number of ketones is 1. The lowest BCUT2D eigenvalue weighted by atomic mass is 10.1. The Kier molecular flexibility index (Phi) is 4.77. The van der Waals surface area contributed by atoms with Crippen LogP contribution in [0.2, 0.25) is 0 Å². The molecule has 3 aromatic rings. The van der Waals surface area contributed by atoms with E-state index in [0.29, 0.717) is 21.2 Å². The lowest BCUT2D eigenvalue weighted by molar-refractivity contribution is -0.384. The first kappa shape index (κ1) is 16.4. The molecule has 0 aliphatic rings. The molecule has 0 aliphatic carbocycles. The van der Waals surface area contributed by atoms with Gasteiger partial charge in [-0.2, -0.15) is 0 Å². The van der Waals surface area contributed by atoms with E-state index in [2.05, 4.69) is 4.98 Å². The number of nitrogens with zero attached hydrogens (tertiary/aromatic N) is 2. The fourth-order valence-electron chi connectivity index (χ4n) is 2.05. The maximum Gasteiger partial charge on any atom is 0.270 e. The average Bonchev–Trinajstić information content (AvgIpc) is 3.01. The maximum atomic E-state index is 12.2. The number of hydrogen-bond donors (Lipinski definition) is 0. The second-order valence-electron chi connectivity index (χ2n) is 4.83. The molecule has 0 saturated heterocycles. The third-order valence-electron chi connectivity index (χ3n) is 3.30. The summed E-state index contributed by atoms with van der Waals surface area (Å²) in [6.07, 6.45) is 0. The lowest BCUT2D eigenvalue weighted by Gasteiger charge is -2.02. The molecular formula is C16H12N2O4S2. The largest absolute Gasteiger partial charge is 0.497 e. The third-order valence-corrected chi connectivity index (χ3v) is 5.46. The number of carbonyl (C=O) groups is 1. The number of benzene rings is 2. The van der Waals surface area contributed by atoms with E-state index in [1.54, 1.807) is 37.4 Å². The molecule has 0 aliphatic heterocycles. The van der Waals surface area contributed by atoms with Crippen molar-refractivity contribution in [2.24, 2.45) is 0 Å². The number of methoxy groups -OCH3 is 1. The highest BCUT2D eigenvalue weighted by Gasteiger charge is 2.12. The van der Waals surface area contributed by atoms with Crippen molar-refractivity contribution in [3.05, 3.63) is 58.1 Å². The number of rotatable bonds is 6. The Hall–Kier alpha value is -2.45. The topological polar surface area (TPSA) is 82.3 Å². The Bertz CT molecular complexity index is 906. The highest BCUT2D eigenvalue weighted by molar-refractivity contribution is 8.01. The van der Waals surface area contributed by atoms with Crippen LogP contribution in [0.15, 0.2) is 46.8 Å². The van der Waals surface area contributed by atoms with Crippen molar-refractivity contribution in [1.29, 1.82) is 0 Å². The molecule has 3 rings (SSSR count). The number of carbonyl (C=O) groups excluding carboxylic acids is 1. The minimum Gasteiger partial charge on any atom is -0.497 e. The molecule has 2 aromatic carbocycles. The Balaban J connectivity index is 1.70. The van der Waals surface area contributed by atoms with Crippen LogP contribution >= 0.6 is 23.1 Å². The summed E-state index contributed by atoms with van der Waals surface area (Å²) in [6.45, 7) is 0. The summed E-state index contributed by atoms with van der Waals surface area (Å²) < 4.78 is 6.52. The van der Waals surface area contributed by atoms with Gasteiger partial charge in [0.15, 0.2) is 10.1 Å². The van der Waals surface area contributed by atoms with E-state index in [1.807, 2.05) is 0 Å². The van der Waals surface area contributed by atoms with Crippen molar-refractivity contribution >= 4 is 44.8 Å². The Morgan fingerprint density at radius 3 is 2.71 bits per heavy atom. The monoisotopic (exact) mass is 360 g/mol. The number of fused-ring (bicyclic) bond motifs is 1. The number of Topliss-reactive ketones (excluding diaryl/α,β-unsaturated/α-hetero) is 1. The molecule has 0 radical (unpaired) electrons. The molecule has 0 amide bonds. The molecule has 8 heteroatoms. The van der Waals surface area contributed by atoms with Crippen LogP contribution < -0.4 is 4.74 Å². The summed E-state index contributed by atoms with van der Waals surface area (Å²) >= 11 is 2.68. The first-order chi connectivity index (χ1) is 11.6. The number of non-ortho nitro benzene ring substituents is 1. The third kappa shape index (κ3) is 3.55.